The van der Waals surface area contributed by atoms with Crippen LogP contribution in [-0.4, -0.2) is 27.6 Å². The van der Waals surface area contributed by atoms with Crippen molar-refractivity contribution in [2.24, 2.45) is 17.8 Å². The number of amides is 1. The van der Waals surface area contributed by atoms with Crippen LogP contribution in [0.3, 0.4) is 0 Å². The van der Waals surface area contributed by atoms with Crippen molar-refractivity contribution < 1.29 is 9.32 Å². The van der Waals surface area contributed by atoms with Crippen molar-refractivity contribution in [3.05, 3.63) is 29.5 Å². The van der Waals surface area contributed by atoms with Gasteiger partial charge < -0.3 is 9.84 Å². The molecule has 0 saturated heterocycles. The molecule has 1 N–H and O–H groups in total. The summed E-state index contributed by atoms with van der Waals surface area (Å²) >= 11 is 0. The molecule has 2 fully saturated rings. The van der Waals surface area contributed by atoms with Gasteiger partial charge >= 0.3 is 0 Å². The molecule has 4 rings (SSSR count). The molecular weight excluding hydrogens is 376 g/mol. The van der Waals surface area contributed by atoms with Crippen LogP contribution in [0.4, 0.5) is 0 Å². The number of nitrogens with zero attached hydrogens (tertiary/aromatic N) is 3. The second-order valence-electron chi connectivity index (χ2n) is 10.4. The van der Waals surface area contributed by atoms with E-state index < -0.39 is 0 Å². The van der Waals surface area contributed by atoms with E-state index in [1.807, 2.05) is 19.2 Å². The average molecular weight is 411 g/mol. The summed E-state index contributed by atoms with van der Waals surface area (Å²) in [5.74, 6) is 3.61. The largest absolute Gasteiger partial charge is 0.356 e. The van der Waals surface area contributed by atoms with E-state index in [-0.39, 0.29) is 17.2 Å². The summed E-state index contributed by atoms with van der Waals surface area (Å²) in [4.78, 5) is 21.8. The first-order valence-electron chi connectivity index (χ1n) is 11.3. The average Bonchev–Trinajstić information content (AvgIpc) is 3.29. The van der Waals surface area contributed by atoms with Gasteiger partial charge in [-0.25, -0.2) is 9.97 Å². The van der Waals surface area contributed by atoms with Crippen LogP contribution < -0.4 is 5.32 Å². The normalized spacial score (nSPS) is 26.4. The first-order valence-corrected chi connectivity index (χ1v) is 11.3. The summed E-state index contributed by atoms with van der Waals surface area (Å²) in [6.07, 6.45) is 7.31. The minimum atomic E-state index is -0.105. The molecular formula is C24H34N4O2. The smallest absolute Gasteiger partial charge is 0.223 e. The number of rotatable bonds is 5. The van der Waals surface area contributed by atoms with E-state index in [1.54, 1.807) is 0 Å². The minimum absolute atomic E-state index is 0.105. The highest BCUT2D eigenvalue weighted by atomic mass is 16.5. The maximum absolute atomic E-state index is 12.1. The van der Waals surface area contributed by atoms with Crippen LogP contribution >= 0.6 is 0 Å². The molecule has 6 heteroatoms. The standard InChI is InChI=1S/C24H34N4O2/c1-14-10-18(14)22(29)25-12-16-6-8-17(9-7-16)21-19(20-11-15(2)28-30-20)13-26-23(27-21)24(3,4)5/h11,13-14,16-18H,6-10,12H2,1-5H3,(H,25,29)/t14-,16?,17?,18-/m0/s1. The second kappa shape index (κ2) is 8.12. The van der Waals surface area contributed by atoms with Gasteiger partial charge in [-0.15, -0.1) is 0 Å². The fraction of sp³-hybridized carbons (Fsp3) is 0.667. The Morgan fingerprint density at radius 2 is 1.93 bits per heavy atom. The highest BCUT2D eigenvalue weighted by Gasteiger charge is 2.39. The molecule has 2 atom stereocenters. The molecule has 2 aliphatic rings. The predicted molar refractivity (Wildman–Crippen MR) is 116 cm³/mol. The molecule has 0 spiro atoms. The first-order chi connectivity index (χ1) is 14.2. The second-order valence-corrected chi connectivity index (χ2v) is 10.4. The van der Waals surface area contributed by atoms with Gasteiger partial charge in [-0.1, -0.05) is 32.9 Å². The van der Waals surface area contributed by atoms with Crippen LogP contribution in [-0.2, 0) is 10.2 Å². The Kier molecular flexibility index (Phi) is 5.69. The van der Waals surface area contributed by atoms with Crippen molar-refractivity contribution in [2.75, 3.05) is 6.54 Å². The Morgan fingerprint density at radius 3 is 2.50 bits per heavy atom. The molecule has 2 aromatic rings. The molecule has 1 amide bonds. The lowest BCUT2D eigenvalue weighted by molar-refractivity contribution is -0.122. The summed E-state index contributed by atoms with van der Waals surface area (Å²) in [7, 11) is 0. The van der Waals surface area contributed by atoms with E-state index in [4.69, 9.17) is 9.51 Å². The summed E-state index contributed by atoms with van der Waals surface area (Å²) in [5.41, 5.74) is 2.80. The van der Waals surface area contributed by atoms with Crippen molar-refractivity contribution in [2.45, 2.75) is 78.1 Å². The Morgan fingerprint density at radius 1 is 1.23 bits per heavy atom. The van der Waals surface area contributed by atoms with Gasteiger partial charge in [0.25, 0.3) is 0 Å². The van der Waals surface area contributed by atoms with E-state index in [2.05, 4.69) is 43.2 Å². The lowest BCUT2D eigenvalue weighted by Crippen LogP contribution is -2.32. The molecule has 162 valence electrons. The summed E-state index contributed by atoms with van der Waals surface area (Å²) in [6, 6.07) is 1.96. The molecule has 0 radical (unpaired) electrons. The van der Waals surface area contributed by atoms with Crippen LogP contribution in [0.1, 0.15) is 82.9 Å². The lowest BCUT2D eigenvalue weighted by atomic mass is 9.79. The highest BCUT2D eigenvalue weighted by molar-refractivity contribution is 5.81. The topological polar surface area (TPSA) is 80.9 Å². The third-order valence-corrected chi connectivity index (χ3v) is 6.63. The Balaban J connectivity index is 1.47. The quantitative estimate of drug-likeness (QED) is 0.767. The molecule has 0 aromatic carbocycles. The highest BCUT2D eigenvalue weighted by Crippen LogP contribution is 2.40. The number of hydrogen-bond donors (Lipinski definition) is 1. The molecule has 6 nitrogen and oxygen atoms in total. The Bertz CT molecular complexity index is 906. The number of carbonyl (C=O) groups is 1. The molecule has 30 heavy (non-hydrogen) atoms. The number of aromatic nitrogens is 3. The van der Waals surface area contributed by atoms with Crippen molar-refractivity contribution in [1.82, 2.24) is 20.4 Å². The molecule has 0 bridgehead atoms. The van der Waals surface area contributed by atoms with Crippen molar-refractivity contribution in [3.63, 3.8) is 0 Å². The summed E-state index contributed by atoms with van der Waals surface area (Å²) in [6.45, 7) is 11.3. The van der Waals surface area contributed by atoms with E-state index in [0.717, 1.165) is 67.2 Å². The Labute approximate surface area is 179 Å². The van der Waals surface area contributed by atoms with Gasteiger partial charge in [-0.05, 0) is 50.9 Å². The van der Waals surface area contributed by atoms with Crippen LogP contribution in [0.25, 0.3) is 11.3 Å². The van der Waals surface area contributed by atoms with Gasteiger partial charge in [0.05, 0.1) is 17.0 Å². The summed E-state index contributed by atoms with van der Waals surface area (Å²) < 4.78 is 5.55. The molecule has 0 unspecified atom stereocenters. The van der Waals surface area contributed by atoms with E-state index in [1.165, 1.54) is 0 Å². The molecule has 2 heterocycles. The monoisotopic (exact) mass is 410 g/mol. The zero-order chi connectivity index (χ0) is 21.5. The fourth-order valence-corrected chi connectivity index (χ4v) is 4.45. The number of nitrogens with one attached hydrogen (secondary N) is 1. The third-order valence-electron chi connectivity index (χ3n) is 6.63. The van der Waals surface area contributed by atoms with Crippen molar-refractivity contribution >= 4 is 5.91 Å². The van der Waals surface area contributed by atoms with Gasteiger partial charge in [-0.2, -0.15) is 0 Å². The van der Waals surface area contributed by atoms with E-state index in [0.29, 0.717) is 17.8 Å². The van der Waals surface area contributed by atoms with Crippen molar-refractivity contribution in [1.29, 1.82) is 0 Å². The maximum Gasteiger partial charge on any atom is 0.223 e. The van der Waals surface area contributed by atoms with Crippen molar-refractivity contribution in [3.8, 4) is 11.3 Å². The van der Waals surface area contributed by atoms with Crippen LogP contribution in [0.2, 0.25) is 0 Å². The number of carbonyl (C=O) groups excluding carboxylic acids is 1. The van der Waals surface area contributed by atoms with Gasteiger partial charge in [0.15, 0.2) is 5.76 Å². The van der Waals surface area contributed by atoms with E-state index in [9.17, 15) is 4.79 Å². The SMILES string of the molecule is Cc1cc(-c2cnc(C(C)(C)C)nc2C2CCC(CNC(=O)[C@H]3C[C@@H]3C)CC2)on1. The van der Waals surface area contributed by atoms with Gasteiger partial charge in [0, 0.05) is 36.1 Å². The summed E-state index contributed by atoms with van der Waals surface area (Å²) in [5, 5.41) is 7.24. The van der Waals surface area contributed by atoms with Crippen LogP contribution in [0.5, 0.6) is 0 Å². The third kappa shape index (κ3) is 4.57. The maximum atomic E-state index is 12.1. The van der Waals surface area contributed by atoms with Gasteiger partial charge in [0.1, 0.15) is 5.82 Å². The molecule has 2 saturated carbocycles. The minimum Gasteiger partial charge on any atom is -0.356 e. The molecule has 2 aromatic heterocycles. The Hall–Kier alpha value is -2.24. The number of hydrogen-bond acceptors (Lipinski definition) is 5. The fourth-order valence-electron chi connectivity index (χ4n) is 4.45. The first kappa shape index (κ1) is 21.0. The zero-order valence-electron chi connectivity index (χ0n) is 18.9. The van der Waals surface area contributed by atoms with Gasteiger partial charge in [-0.3, -0.25) is 4.79 Å². The molecule has 0 aliphatic heterocycles. The molecule has 2 aliphatic carbocycles. The van der Waals surface area contributed by atoms with Crippen LogP contribution in [0, 0.1) is 24.7 Å². The lowest BCUT2D eigenvalue weighted by Gasteiger charge is -2.30. The van der Waals surface area contributed by atoms with E-state index >= 15 is 0 Å². The number of aryl methyl sites for hydroxylation is 1. The predicted octanol–water partition coefficient (Wildman–Crippen LogP) is 4.78. The zero-order valence-corrected chi connectivity index (χ0v) is 18.9. The van der Waals surface area contributed by atoms with Crippen LogP contribution in [0.15, 0.2) is 16.8 Å². The van der Waals surface area contributed by atoms with Gasteiger partial charge in [0.2, 0.25) is 5.91 Å².